The van der Waals surface area contributed by atoms with Gasteiger partial charge in [-0.1, -0.05) is 45.2 Å². The highest BCUT2D eigenvalue weighted by molar-refractivity contribution is 9.10. The Kier molecular flexibility index (Phi) is 4.82. The van der Waals surface area contributed by atoms with Gasteiger partial charge in [0.05, 0.1) is 20.6 Å². The van der Waals surface area contributed by atoms with Gasteiger partial charge in [-0.05, 0) is 37.6 Å². The van der Waals surface area contributed by atoms with Crippen molar-refractivity contribution >= 4 is 55.0 Å². The number of pyridine rings is 1. The number of halogens is 3. The smallest absolute Gasteiger partial charge is 0.262 e. The number of hydrogen-bond acceptors (Lipinski definition) is 3. The van der Waals surface area contributed by atoms with Gasteiger partial charge in [-0.2, -0.15) is 0 Å². The van der Waals surface area contributed by atoms with Crippen LogP contribution >= 0.6 is 39.1 Å². The van der Waals surface area contributed by atoms with Gasteiger partial charge in [0.1, 0.15) is 0 Å². The fraction of sp³-hybridized carbons (Fsp3) is 0.154. The SMILES string of the molecule is Cc1ccc(Br)cc1S(=O)(=O)Nc1nc(C)c(Cl)cc1Cl. The maximum atomic E-state index is 12.5. The number of rotatable bonds is 3. The van der Waals surface area contributed by atoms with Gasteiger partial charge in [-0.25, -0.2) is 13.4 Å². The molecule has 21 heavy (non-hydrogen) atoms. The molecule has 2 aromatic rings. The average Bonchev–Trinajstić information content (AvgIpc) is 2.38. The Bertz CT molecular complexity index is 810. The van der Waals surface area contributed by atoms with E-state index in [0.717, 1.165) is 0 Å². The minimum atomic E-state index is -3.79. The molecule has 0 amide bonds. The summed E-state index contributed by atoms with van der Waals surface area (Å²) in [5.41, 5.74) is 1.11. The normalized spacial score (nSPS) is 11.5. The zero-order valence-corrected chi connectivity index (χ0v) is 15.0. The van der Waals surface area contributed by atoms with E-state index in [-0.39, 0.29) is 15.7 Å². The number of nitrogens with one attached hydrogen (secondary N) is 1. The Hall–Kier alpha value is -0.820. The molecule has 8 heteroatoms. The van der Waals surface area contributed by atoms with E-state index in [1.54, 1.807) is 26.0 Å². The number of sulfonamides is 1. The molecule has 0 unspecified atom stereocenters. The molecule has 0 saturated heterocycles. The molecule has 0 aliphatic carbocycles. The first kappa shape index (κ1) is 16.5. The summed E-state index contributed by atoms with van der Waals surface area (Å²) in [4.78, 5) is 4.22. The predicted octanol–water partition coefficient (Wildman–Crippen LogP) is 4.57. The molecular formula is C13H11BrCl2N2O2S. The summed E-state index contributed by atoms with van der Waals surface area (Å²) in [7, 11) is -3.79. The third-order valence-electron chi connectivity index (χ3n) is 2.78. The van der Waals surface area contributed by atoms with Crippen molar-refractivity contribution in [1.29, 1.82) is 0 Å². The highest BCUT2D eigenvalue weighted by atomic mass is 79.9. The molecule has 0 aliphatic heterocycles. The first-order valence-corrected chi connectivity index (χ1v) is 8.85. The van der Waals surface area contributed by atoms with E-state index in [1.165, 1.54) is 12.1 Å². The molecule has 0 bridgehead atoms. The Morgan fingerprint density at radius 3 is 2.48 bits per heavy atom. The van der Waals surface area contributed by atoms with Gasteiger partial charge < -0.3 is 0 Å². The van der Waals surface area contributed by atoms with E-state index >= 15 is 0 Å². The Labute approximate surface area is 141 Å². The molecule has 2 rings (SSSR count). The fourth-order valence-corrected chi connectivity index (χ4v) is 3.94. The van der Waals surface area contributed by atoms with Crippen molar-refractivity contribution in [3.63, 3.8) is 0 Å². The van der Waals surface area contributed by atoms with E-state index < -0.39 is 10.0 Å². The second-order valence-electron chi connectivity index (χ2n) is 4.40. The molecule has 0 saturated carbocycles. The van der Waals surface area contributed by atoms with Gasteiger partial charge in [-0.15, -0.1) is 0 Å². The van der Waals surface area contributed by atoms with E-state index in [1.807, 2.05) is 0 Å². The molecule has 0 aliphatic rings. The first-order valence-electron chi connectivity index (χ1n) is 5.82. The molecule has 0 atom stereocenters. The lowest BCUT2D eigenvalue weighted by Gasteiger charge is -2.12. The Morgan fingerprint density at radius 2 is 1.81 bits per heavy atom. The second kappa shape index (κ2) is 6.12. The third-order valence-corrected chi connectivity index (χ3v) is 5.42. The zero-order chi connectivity index (χ0) is 15.8. The molecule has 4 nitrogen and oxygen atoms in total. The predicted molar refractivity (Wildman–Crippen MR) is 88.7 cm³/mol. The molecule has 0 spiro atoms. The van der Waals surface area contributed by atoms with Crippen LogP contribution in [0.5, 0.6) is 0 Å². The van der Waals surface area contributed by atoms with Crippen LogP contribution < -0.4 is 4.72 Å². The molecular weight excluding hydrogens is 399 g/mol. The van der Waals surface area contributed by atoms with Gasteiger partial charge in [0.25, 0.3) is 10.0 Å². The van der Waals surface area contributed by atoms with Crippen LogP contribution in [-0.4, -0.2) is 13.4 Å². The monoisotopic (exact) mass is 408 g/mol. The van der Waals surface area contributed by atoms with Crippen molar-refractivity contribution in [3.05, 3.63) is 50.0 Å². The largest absolute Gasteiger partial charge is 0.263 e. The summed E-state index contributed by atoms with van der Waals surface area (Å²) in [5, 5.41) is 0.517. The highest BCUT2D eigenvalue weighted by Gasteiger charge is 2.20. The number of aromatic nitrogens is 1. The van der Waals surface area contributed by atoms with Crippen LogP contribution in [0.1, 0.15) is 11.3 Å². The van der Waals surface area contributed by atoms with Crippen LogP contribution in [0.4, 0.5) is 5.82 Å². The molecule has 1 aromatic heterocycles. The van der Waals surface area contributed by atoms with Crippen LogP contribution in [0, 0.1) is 13.8 Å². The van der Waals surface area contributed by atoms with Crippen molar-refractivity contribution in [2.45, 2.75) is 18.7 Å². The summed E-state index contributed by atoms with van der Waals surface area (Å²) in [6.07, 6.45) is 0. The lowest BCUT2D eigenvalue weighted by Crippen LogP contribution is -2.16. The quantitative estimate of drug-likeness (QED) is 0.807. The lowest BCUT2D eigenvalue weighted by atomic mass is 10.2. The average molecular weight is 410 g/mol. The summed E-state index contributed by atoms with van der Waals surface area (Å²) in [6, 6.07) is 6.46. The summed E-state index contributed by atoms with van der Waals surface area (Å²) in [5.74, 6) is 0.0537. The van der Waals surface area contributed by atoms with Crippen molar-refractivity contribution in [3.8, 4) is 0 Å². The number of hydrogen-bond donors (Lipinski definition) is 1. The summed E-state index contributed by atoms with van der Waals surface area (Å²) in [6.45, 7) is 3.38. The number of anilines is 1. The topological polar surface area (TPSA) is 59.1 Å². The summed E-state index contributed by atoms with van der Waals surface area (Å²) >= 11 is 15.1. The number of benzene rings is 1. The maximum Gasteiger partial charge on any atom is 0.263 e. The van der Waals surface area contributed by atoms with E-state index in [9.17, 15) is 8.42 Å². The maximum absolute atomic E-state index is 12.5. The van der Waals surface area contributed by atoms with E-state index in [4.69, 9.17) is 23.2 Å². The van der Waals surface area contributed by atoms with Crippen LogP contribution in [0.15, 0.2) is 33.6 Å². The molecule has 112 valence electrons. The molecule has 0 radical (unpaired) electrons. The van der Waals surface area contributed by atoms with E-state index in [0.29, 0.717) is 20.8 Å². The zero-order valence-electron chi connectivity index (χ0n) is 11.1. The lowest BCUT2D eigenvalue weighted by molar-refractivity contribution is 0.600. The minimum absolute atomic E-state index is 0.0537. The van der Waals surface area contributed by atoms with Gasteiger partial charge in [0, 0.05) is 4.47 Å². The molecule has 1 aromatic carbocycles. The Morgan fingerprint density at radius 1 is 1.14 bits per heavy atom. The van der Waals surface area contributed by atoms with Crippen LogP contribution in [-0.2, 0) is 10.0 Å². The molecule has 1 N–H and O–H groups in total. The highest BCUT2D eigenvalue weighted by Crippen LogP contribution is 2.28. The van der Waals surface area contributed by atoms with Gasteiger partial charge in [0.15, 0.2) is 5.82 Å². The van der Waals surface area contributed by atoms with Crippen LogP contribution in [0.3, 0.4) is 0 Å². The molecule has 1 heterocycles. The van der Waals surface area contributed by atoms with Crippen LogP contribution in [0.2, 0.25) is 10.0 Å². The second-order valence-corrected chi connectivity index (χ2v) is 7.78. The van der Waals surface area contributed by atoms with Crippen molar-refractivity contribution in [2.75, 3.05) is 4.72 Å². The third kappa shape index (κ3) is 3.69. The summed E-state index contributed by atoms with van der Waals surface area (Å²) < 4.78 is 28.0. The number of aryl methyl sites for hydroxylation is 2. The van der Waals surface area contributed by atoms with Gasteiger partial charge in [0.2, 0.25) is 0 Å². The number of nitrogens with zero attached hydrogens (tertiary/aromatic N) is 1. The standard InChI is InChI=1S/C13H11BrCl2N2O2S/c1-7-3-4-9(14)5-12(7)21(19,20)18-13-11(16)6-10(15)8(2)17-13/h3-6H,1-2H3,(H,17,18). The molecule has 0 fully saturated rings. The van der Waals surface area contributed by atoms with Gasteiger partial charge >= 0.3 is 0 Å². The first-order chi connectivity index (χ1) is 9.70. The van der Waals surface area contributed by atoms with Crippen molar-refractivity contribution < 1.29 is 8.42 Å². The Balaban J connectivity index is 2.47. The van der Waals surface area contributed by atoms with Crippen LogP contribution in [0.25, 0.3) is 0 Å². The van der Waals surface area contributed by atoms with Gasteiger partial charge in [-0.3, -0.25) is 4.72 Å². The van der Waals surface area contributed by atoms with Crippen molar-refractivity contribution in [1.82, 2.24) is 4.98 Å². The van der Waals surface area contributed by atoms with E-state index in [2.05, 4.69) is 25.6 Å². The van der Waals surface area contributed by atoms with Crippen molar-refractivity contribution in [2.24, 2.45) is 0 Å². The minimum Gasteiger partial charge on any atom is -0.262 e. The fourth-order valence-electron chi connectivity index (χ4n) is 1.68.